The van der Waals surface area contributed by atoms with Crippen LogP contribution in [0.5, 0.6) is 0 Å². The minimum Gasteiger partial charge on any atom is -0.385 e. The first-order valence-corrected chi connectivity index (χ1v) is 6.95. The number of hydrogen-bond acceptors (Lipinski definition) is 1. The second-order valence-corrected chi connectivity index (χ2v) is 5.33. The number of hydrogen-bond donors (Lipinski definition) is 1. The summed E-state index contributed by atoms with van der Waals surface area (Å²) in [7, 11) is 0. The van der Waals surface area contributed by atoms with Crippen LogP contribution in [0.25, 0.3) is 0 Å². The van der Waals surface area contributed by atoms with Crippen molar-refractivity contribution in [1.82, 2.24) is 0 Å². The smallest absolute Gasteiger partial charge is 0.162 e. The van der Waals surface area contributed by atoms with Crippen LogP contribution < -0.4 is 5.32 Å². The Labute approximate surface area is 117 Å². The van der Waals surface area contributed by atoms with Crippen molar-refractivity contribution < 1.29 is 8.78 Å². The molecule has 1 nitrogen and oxygen atoms in total. The first-order valence-electron chi connectivity index (χ1n) is 6.95. The third-order valence-corrected chi connectivity index (χ3v) is 3.90. The van der Waals surface area contributed by atoms with Gasteiger partial charge in [0.2, 0.25) is 0 Å². The molecule has 1 aliphatic rings. The predicted molar refractivity (Wildman–Crippen MR) is 77.2 cm³/mol. The molecular formula is C17H17F2N. The Morgan fingerprint density at radius 2 is 1.90 bits per heavy atom. The van der Waals surface area contributed by atoms with E-state index in [2.05, 4.69) is 11.4 Å². The third-order valence-electron chi connectivity index (χ3n) is 3.90. The van der Waals surface area contributed by atoms with Gasteiger partial charge in [-0.2, -0.15) is 0 Å². The molecule has 104 valence electrons. The number of aryl methyl sites for hydroxylation is 2. The predicted octanol–water partition coefficient (Wildman–Crippen LogP) is 4.22. The molecule has 20 heavy (non-hydrogen) atoms. The Morgan fingerprint density at radius 1 is 1.05 bits per heavy atom. The second kappa shape index (κ2) is 5.23. The monoisotopic (exact) mass is 273 g/mol. The van der Waals surface area contributed by atoms with Crippen molar-refractivity contribution in [3.8, 4) is 0 Å². The minimum absolute atomic E-state index is 0.347. The molecule has 0 unspecified atom stereocenters. The highest BCUT2D eigenvalue weighted by Gasteiger charge is 2.16. The van der Waals surface area contributed by atoms with Gasteiger partial charge in [0.15, 0.2) is 11.6 Å². The molecule has 0 saturated heterocycles. The molecule has 0 bridgehead atoms. The molecule has 0 aromatic heterocycles. The molecule has 0 amide bonds. The van der Waals surface area contributed by atoms with Gasteiger partial charge in [0.05, 0.1) is 0 Å². The molecular weight excluding hydrogens is 256 g/mol. The summed E-state index contributed by atoms with van der Waals surface area (Å²) in [5.74, 6) is -1.46. The van der Waals surface area contributed by atoms with Gasteiger partial charge in [0.1, 0.15) is 0 Å². The lowest BCUT2D eigenvalue weighted by Crippen LogP contribution is -2.14. The summed E-state index contributed by atoms with van der Waals surface area (Å²) in [5, 5.41) is 3.38. The maximum Gasteiger partial charge on any atom is 0.162 e. The summed E-state index contributed by atoms with van der Waals surface area (Å²) < 4.78 is 27.6. The van der Waals surface area contributed by atoms with Gasteiger partial charge in [-0.1, -0.05) is 30.3 Å². The van der Waals surface area contributed by atoms with E-state index < -0.39 is 11.6 Å². The number of rotatable bonds is 2. The molecule has 1 N–H and O–H groups in total. The maximum absolute atomic E-state index is 14.0. The van der Waals surface area contributed by atoms with Gasteiger partial charge in [0.25, 0.3) is 0 Å². The van der Waals surface area contributed by atoms with E-state index in [-0.39, 0.29) is 0 Å². The van der Waals surface area contributed by atoms with Crippen LogP contribution in [0.2, 0.25) is 0 Å². The largest absolute Gasteiger partial charge is 0.385 e. The zero-order valence-corrected chi connectivity index (χ0v) is 11.5. The van der Waals surface area contributed by atoms with Crippen LogP contribution in [0.15, 0.2) is 30.3 Å². The maximum atomic E-state index is 14.0. The number of nitrogens with one attached hydrogen (secondary N) is 1. The molecule has 0 spiro atoms. The highest BCUT2D eigenvalue weighted by atomic mass is 19.2. The van der Waals surface area contributed by atoms with Crippen molar-refractivity contribution in [1.29, 1.82) is 0 Å². The quantitative estimate of drug-likeness (QED) is 0.863. The summed E-state index contributed by atoms with van der Waals surface area (Å²) in [4.78, 5) is 0. The van der Waals surface area contributed by atoms with Crippen LogP contribution in [-0.2, 0) is 12.8 Å². The lowest BCUT2D eigenvalue weighted by molar-refractivity contribution is 0.495. The lowest BCUT2D eigenvalue weighted by atomic mass is 9.95. The SMILES string of the molecule is Cc1ccc(Cc2cccc3c2NCCC3)c(F)c1F. The van der Waals surface area contributed by atoms with Gasteiger partial charge in [-0.25, -0.2) is 8.78 Å². The molecule has 3 heteroatoms. The zero-order valence-electron chi connectivity index (χ0n) is 11.5. The first-order chi connectivity index (χ1) is 9.66. The van der Waals surface area contributed by atoms with Crippen molar-refractivity contribution in [2.75, 3.05) is 11.9 Å². The van der Waals surface area contributed by atoms with Gasteiger partial charge >= 0.3 is 0 Å². The highest BCUT2D eigenvalue weighted by Crippen LogP contribution is 2.29. The van der Waals surface area contributed by atoms with Crippen molar-refractivity contribution >= 4 is 5.69 Å². The molecule has 0 atom stereocenters. The van der Waals surface area contributed by atoms with E-state index >= 15 is 0 Å². The van der Waals surface area contributed by atoms with E-state index in [0.717, 1.165) is 30.6 Å². The lowest BCUT2D eigenvalue weighted by Gasteiger charge is -2.21. The van der Waals surface area contributed by atoms with E-state index in [4.69, 9.17) is 0 Å². The summed E-state index contributed by atoms with van der Waals surface area (Å²) in [6.07, 6.45) is 2.57. The Balaban J connectivity index is 1.98. The molecule has 0 saturated carbocycles. The zero-order chi connectivity index (χ0) is 14.1. The fourth-order valence-corrected chi connectivity index (χ4v) is 2.76. The van der Waals surface area contributed by atoms with Crippen molar-refractivity contribution in [3.05, 3.63) is 64.2 Å². The summed E-state index contributed by atoms with van der Waals surface area (Å²) in [6, 6.07) is 9.38. The number of halogens is 2. The van der Waals surface area contributed by atoms with Gasteiger partial charge < -0.3 is 5.32 Å². The van der Waals surface area contributed by atoms with Crippen LogP contribution in [-0.4, -0.2) is 6.54 Å². The molecule has 0 fully saturated rings. The Hall–Kier alpha value is -1.90. The van der Waals surface area contributed by atoms with E-state index in [1.54, 1.807) is 19.1 Å². The molecule has 3 rings (SSSR count). The summed E-state index contributed by atoms with van der Waals surface area (Å²) >= 11 is 0. The standard InChI is InChI=1S/C17H17F2N/c1-11-7-8-13(16(19)15(11)18)10-14-5-2-4-12-6-3-9-20-17(12)14/h2,4-5,7-8,20H,3,6,9-10H2,1H3. The number of fused-ring (bicyclic) bond motifs is 1. The second-order valence-electron chi connectivity index (χ2n) is 5.33. The molecule has 2 aromatic rings. The normalized spacial score (nSPS) is 13.8. The van der Waals surface area contributed by atoms with E-state index in [0.29, 0.717) is 17.5 Å². The van der Waals surface area contributed by atoms with Gasteiger partial charge in [0, 0.05) is 18.7 Å². The van der Waals surface area contributed by atoms with Crippen LogP contribution in [0.1, 0.15) is 28.7 Å². The van der Waals surface area contributed by atoms with Crippen molar-refractivity contribution in [2.24, 2.45) is 0 Å². The van der Waals surface area contributed by atoms with E-state index in [9.17, 15) is 8.78 Å². The summed E-state index contributed by atoms with van der Waals surface area (Å²) in [6.45, 7) is 2.52. The molecule has 1 aliphatic heterocycles. The van der Waals surface area contributed by atoms with E-state index in [1.807, 2.05) is 12.1 Å². The third kappa shape index (κ3) is 2.28. The van der Waals surface area contributed by atoms with Crippen LogP contribution in [0.4, 0.5) is 14.5 Å². The molecule has 0 aliphatic carbocycles. The number of para-hydroxylation sites is 1. The minimum atomic E-state index is -0.736. The Kier molecular flexibility index (Phi) is 3.43. The van der Waals surface area contributed by atoms with Gasteiger partial charge in [-0.15, -0.1) is 0 Å². The van der Waals surface area contributed by atoms with E-state index in [1.165, 1.54) is 5.56 Å². The highest BCUT2D eigenvalue weighted by molar-refractivity contribution is 5.60. The average Bonchev–Trinajstić information content (AvgIpc) is 2.48. The first kappa shape index (κ1) is 13.1. The fraction of sp³-hybridized carbons (Fsp3) is 0.294. The van der Waals surface area contributed by atoms with Crippen molar-refractivity contribution in [3.63, 3.8) is 0 Å². The van der Waals surface area contributed by atoms with Crippen molar-refractivity contribution in [2.45, 2.75) is 26.2 Å². The van der Waals surface area contributed by atoms with Crippen LogP contribution in [0.3, 0.4) is 0 Å². The molecule has 0 radical (unpaired) electrons. The topological polar surface area (TPSA) is 12.0 Å². The molecule has 2 aromatic carbocycles. The summed E-state index contributed by atoms with van der Waals surface area (Å²) in [5.41, 5.74) is 4.15. The van der Waals surface area contributed by atoms with Crippen LogP contribution >= 0.6 is 0 Å². The molecule has 1 heterocycles. The Morgan fingerprint density at radius 3 is 2.75 bits per heavy atom. The van der Waals surface area contributed by atoms with Gasteiger partial charge in [-0.05, 0) is 42.0 Å². The average molecular weight is 273 g/mol. The number of benzene rings is 2. The fourth-order valence-electron chi connectivity index (χ4n) is 2.76. The van der Waals surface area contributed by atoms with Crippen LogP contribution in [0, 0.1) is 18.6 Å². The van der Waals surface area contributed by atoms with Gasteiger partial charge in [-0.3, -0.25) is 0 Å². The number of anilines is 1. The Bertz CT molecular complexity index is 650.